The Kier molecular flexibility index (Phi) is 3.00. The maximum atomic E-state index is 11.5. The zero-order valence-corrected chi connectivity index (χ0v) is 9.00. The van der Waals surface area contributed by atoms with Gasteiger partial charge in [0.1, 0.15) is 6.33 Å². The van der Waals surface area contributed by atoms with Crippen molar-refractivity contribution in [3.05, 3.63) is 36.7 Å². The minimum atomic E-state index is -0.167. The van der Waals surface area contributed by atoms with Crippen LogP contribution in [0.3, 0.4) is 0 Å². The van der Waals surface area contributed by atoms with E-state index in [4.69, 9.17) is 0 Å². The molecule has 84 valence electrons. The van der Waals surface area contributed by atoms with E-state index in [1.54, 1.807) is 23.3 Å². The smallest absolute Gasteiger partial charge is 0.326 e. The van der Waals surface area contributed by atoms with E-state index in [0.29, 0.717) is 6.54 Å². The van der Waals surface area contributed by atoms with E-state index in [1.807, 2.05) is 13.1 Å². The number of carbonyl (C=O) groups excluding carboxylic acids is 1. The Balaban J connectivity index is 1.81. The highest BCUT2D eigenvalue weighted by molar-refractivity contribution is 5.76. The predicted molar refractivity (Wildman–Crippen MR) is 57.9 cm³/mol. The van der Waals surface area contributed by atoms with Gasteiger partial charge in [0.15, 0.2) is 0 Å². The molecule has 0 aliphatic carbocycles. The third-order valence-corrected chi connectivity index (χ3v) is 2.32. The van der Waals surface area contributed by atoms with E-state index in [9.17, 15) is 4.79 Å². The summed E-state index contributed by atoms with van der Waals surface area (Å²) >= 11 is 0. The molecule has 1 N–H and O–H groups in total. The second kappa shape index (κ2) is 4.61. The van der Waals surface area contributed by atoms with Crippen molar-refractivity contribution < 1.29 is 4.79 Å². The highest BCUT2D eigenvalue weighted by Gasteiger charge is 2.03. The van der Waals surface area contributed by atoms with Crippen LogP contribution in [-0.4, -0.2) is 31.9 Å². The number of carbonyl (C=O) groups is 1. The average molecular weight is 219 g/mol. The molecule has 6 nitrogen and oxygen atoms in total. The molecule has 0 unspecified atom stereocenters. The molecule has 0 bridgehead atoms. The Morgan fingerprint density at radius 2 is 2.38 bits per heavy atom. The number of amides is 1. The van der Waals surface area contributed by atoms with Crippen molar-refractivity contribution >= 4 is 6.03 Å². The Labute approximate surface area is 92.9 Å². The van der Waals surface area contributed by atoms with Crippen LogP contribution in [0.1, 0.15) is 5.69 Å². The van der Waals surface area contributed by atoms with Gasteiger partial charge in [-0.05, 0) is 6.07 Å². The summed E-state index contributed by atoms with van der Waals surface area (Å²) < 4.78 is 3.20. The molecule has 6 heteroatoms. The molecule has 0 radical (unpaired) electrons. The first-order valence-corrected chi connectivity index (χ1v) is 5.00. The second-order valence-corrected chi connectivity index (χ2v) is 3.40. The molecule has 0 saturated heterocycles. The van der Waals surface area contributed by atoms with Gasteiger partial charge in [-0.2, -0.15) is 5.10 Å². The van der Waals surface area contributed by atoms with Crippen molar-refractivity contribution in [1.82, 2.24) is 24.6 Å². The summed E-state index contributed by atoms with van der Waals surface area (Å²) in [4.78, 5) is 15.3. The molecule has 16 heavy (non-hydrogen) atoms. The van der Waals surface area contributed by atoms with E-state index in [0.717, 1.165) is 12.1 Å². The third kappa shape index (κ3) is 2.28. The summed E-state index contributed by atoms with van der Waals surface area (Å²) in [5, 5.41) is 6.85. The quantitative estimate of drug-likeness (QED) is 0.813. The zero-order valence-electron chi connectivity index (χ0n) is 9.00. The summed E-state index contributed by atoms with van der Waals surface area (Å²) in [6, 6.07) is 1.77. The molecule has 0 spiro atoms. The van der Waals surface area contributed by atoms with Gasteiger partial charge in [-0.3, -0.25) is 9.25 Å². The third-order valence-electron chi connectivity index (χ3n) is 2.32. The zero-order chi connectivity index (χ0) is 11.4. The first-order chi connectivity index (χ1) is 7.77. The average Bonchev–Trinajstić information content (AvgIpc) is 2.90. The van der Waals surface area contributed by atoms with Crippen LogP contribution < -0.4 is 5.32 Å². The van der Waals surface area contributed by atoms with Gasteiger partial charge in [-0.1, -0.05) is 0 Å². The number of imidazole rings is 1. The van der Waals surface area contributed by atoms with Gasteiger partial charge in [0.2, 0.25) is 0 Å². The van der Waals surface area contributed by atoms with Gasteiger partial charge < -0.3 is 5.32 Å². The molecule has 0 fully saturated rings. The van der Waals surface area contributed by atoms with E-state index < -0.39 is 0 Å². The van der Waals surface area contributed by atoms with Crippen LogP contribution in [0.5, 0.6) is 0 Å². The molecule has 1 amide bonds. The molecule has 2 heterocycles. The van der Waals surface area contributed by atoms with Crippen molar-refractivity contribution in [3.63, 3.8) is 0 Å². The van der Waals surface area contributed by atoms with Gasteiger partial charge in [0.25, 0.3) is 0 Å². The predicted octanol–water partition coefficient (Wildman–Crippen LogP) is 0.417. The minimum absolute atomic E-state index is 0.167. The number of nitrogens with zero attached hydrogens (tertiary/aromatic N) is 4. The van der Waals surface area contributed by atoms with Crippen molar-refractivity contribution in [2.24, 2.45) is 7.05 Å². The monoisotopic (exact) mass is 219 g/mol. The SMILES string of the molecule is Cn1nccc1CCNC(=O)n1ccnc1. The Morgan fingerprint density at radius 3 is 3.00 bits per heavy atom. The fourth-order valence-corrected chi connectivity index (χ4v) is 1.41. The first kappa shape index (κ1) is 10.4. The number of hydrogen-bond acceptors (Lipinski definition) is 3. The van der Waals surface area contributed by atoms with E-state index in [-0.39, 0.29) is 6.03 Å². The number of nitrogens with one attached hydrogen (secondary N) is 1. The van der Waals surface area contributed by atoms with Crippen molar-refractivity contribution in [2.45, 2.75) is 6.42 Å². The lowest BCUT2D eigenvalue weighted by atomic mass is 10.3. The van der Waals surface area contributed by atoms with Crippen LogP contribution >= 0.6 is 0 Å². The Morgan fingerprint density at radius 1 is 1.50 bits per heavy atom. The van der Waals surface area contributed by atoms with Gasteiger partial charge in [0.05, 0.1) is 0 Å². The van der Waals surface area contributed by atoms with Crippen LogP contribution in [0, 0.1) is 0 Å². The van der Waals surface area contributed by atoms with Crippen LogP contribution in [0.4, 0.5) is 4.79 Å². The van der Waals surface area contributed by atoms with Gasteiger partial charge >= 0.3 is 6.03 Å². The molecular formula is C10H13N5O. The molecule has 2 rings (SSSR count). The molecule has 0 aromatic carbocycles. The maximum Gasteiger partial charge on any atom is 0.326 e. The molecule has 0 atom stereocenters. The summed E-state index contributed by atoms with van der Waals surface area (Å²) in [5.41, 5.74) is 1.09. The fourth-order valence-electron chi connectivity index (χ4n) is 1.41. The first-order valence-electron chi connectivity index (χ1n) is 5.00. The molecule has 2 aromatic heterocycles. The Hall–Kier alpha value is -2.11. The maximum absolute atomic E-state index is 11.5. The van der Waals surface area contributed by atoms with Gasteiger partial charge in [0, 0.05) is 44.3 Å². The summed E-state index contributed by atoms with van der Waals surface area (Å²) in [7, 11) is 1.88. The van der Waals surface area contributed by atoms with Crippen LogP contribution in [0.25, 0.3) is 0 Å². The summed E-state index contributed by atoms with van der Waals surface area (Å²) in [6.07, 6.45) is 7.16. The number of hydrogen-bond donors (Lipinski definition) is 1. The van der Waals surface area contributed by atoms with Crippen molar-refractivity contribution in [1.29, 1.82) is 0 Å². The number of aromatic nitrogens is 4. The topological polar surface area (TPSA) is 64.7 Å². The standard InChI is InChI=1S/C10H13N5O/c1-14-9(3-5-13-14)2-4-12-10(16)15-7-6-11-8-15/h3,5-8H,2,4H2,1H3,(H,12,16). The molecular weight excluding hydrogens is 206 g/mol. The highest BCUT2D eigenvalue weighted by Crippen LogP contribution is 1.96. The van der Waals surface area contributed by atoms with Gasteiger partial charge in [-0.15, -0.1) is 0 Å². The van der Waals surface area contributed by atoms with Crippen LogP contribution in [-0.2, 0) is 13.5 Å². The van der Waals surface area contributed by atoms with Crippen LogP contribution in [0.2, 0.25) is 0 Å². The lowest BCUT2D eigenvalue weighted by molar-refractivity contribution is 0.242. The number of aryl methyl sites for hydroxylation is 1. The van der Waals surface area contributed by atoms with Crippen molar-refractivity contribution in [2.75, 3.05) is 6.54 Å². The van der Waals surface area contributed by atoms with Crippen LogP contribution in [0.15, 0.2) is 31.0 Å². The van der Waals surface area contributed by atoms with E-state index in [2.05, 4.69) is 15.4 Å². The summed E-state index contributed by atoms with van der Waals surface area (Å²) in [6.45, 7) is 0.580. The molecule has 0 aliphatic rings. The normalized spacial score (nSPS) is 10.3. The summed E-state index contributed by atoms with van der Waals surface area (Å²) in [5.74, 6) is 0. The fraction of sp³-hybridized carbons (Fsp3) is 0.300. The van der Waals surface area contributed by atoms with Gasteiger partial charge in [-0.25, -0.2) is 9.78 Å². The largest absolute Gasteiger partial charge is 0.337 e. The molecule has 0 aliphatic heterocycles. The lowest BCUT2D eigenvalue weighted by Gasteiger charge is -2.05. The molecule has 2 aromatic rings. The second-order valence-electron chi connectivity index (χ2n) is 3.40. The Bertz CT molecular complexity index is 459. The minimum Gasteiger partial charge on any atom is -0.337 e. The van der Waals surface area contributed by atoms with Crippen molar-refractivity contribution in [3.8, 4) is 0 Å². The highest BCUT2D eigenvalue weighted by atomic mass is 16.2. The molecule has 0 saturated carbocycles. The lowest BCUT2D eigenvalue weighted by Crippen LogP contribution is -2.29. The van der Waals surface area contributed by atoms with E-state index in [1.165, 1.54) is 10.9 Å². The number of rotatable bonds is 3. The van der Waals surface area contributed by atoms with E-state index >= 15 is 0 Å².